The second-order valence-corrected chi connectivity index (χ2v) is 7.59. The van der Waals surface area contributed by atoms with Crippen LogP contribution < -0.4 is 15.5 Å². The van der Waals surface area contributed by atoms with Crippen molar-refractivity contribution < 1.29 is 13.9 Å². The van der Waals surface area contributed by atoms with Crippen LogP contribution in [0, 0.1) is 12.7 Å². The van der Waals surface area contributed by atoms with Gasteiger partial charge in [-0.25, -0.2) is 9.07 Å². The molecule has 1 aromatic heterocycles. The van der Waals surface area contributed by atoms with Gasteiger partial charge in [0.05, 0.1) is 18.3 Å². The number of anilines is 1. The zero-order valence-corrected chi connectivity index (χ0v) is 16.7. The number of hydrogen-bond donors (Lipinski definition) is 2. The van der Waals surface area contributed by atoms with Crippen molar-refractivity contribution in [1.82, 2.24) is 14.9 Å². The molecule has 9 heteroatoms. The van der Waals surface area contributed by atoms with Gasteiger partial charge in [0.15, 0.2) is 0 Å². The first kappa shape index (κ1) is 19.3. The first-order valence-corrected chi connectivity index (χ1v) is 10.1. The Kier molecular flexibility index (Phi) is 5.39. The molecule has 3 aromatic rings. The highest BCUT2D eigenvalue weighted by molar-refractivity contribution is 8.00. The van der Waals surface area contributed by atoms with Crippen LogP contribution in [-0.4, -0.2) is 32.6 Å². The summed E-state index contributed by atoms with van der Waals surface area (Å²) in [4.78, 5) is 13.1. The van der Waals surface area contributed by atoms with E-state index in [1.165, 1.54) is 23.9 Å². The number of ether oxygens (including phenoxy) is 1. The van der Waals surface area contributed by atoms with E-state index in [4.69, 9.17) is 4.74 Å². The normalized spacial score (nSPS) is 17.9. The number of nitrogens with one attached hydrogen (secondary N) is 2. The van der Waals surface area contributed by atoms with Gasteiger partial charge >= 0.3 is 0 Å². The molecule has 0 saturated heterocycles. The summed E-state index contributed by atoms with van der Waals surface area (Å²) in [5.41, 5.74) is 4.36. The molecule has 2 heterocycles. The average molecular weight is 413 g/mol. The lowest BCUT2D eigenvalue weighted by molar-refractivity contribution is -0.116. The fourth-order valence-electron chi connectivity index (χ4n) is 3.12. The second kappa shape index (κ2) is 8.12. The van der Waals surface area contributed by atoms with Gasteiger partial charge in [0.2, 0.25) is 11.1 Å². The van der Waals surface area contributed by atoms with Crippen LogP contribution in [0.4, 0.5) is 10.1 Å². The maximum Gasteiger partial charge on any atom is 0.240 e. The summed E-state index contributed by atoms with van der Waals surface area (Å²) in [6, 6.07) is 13.3. The predicted octanol–water partition coefficient (Wildman–Crippen LogP) is 3.52. The molecule has 1 aliphatic heterocycles. The summed E-state index contributed by atoms with van der Waals surface area (Å²) in [7, 11) is 0. The van der Waals surface area contributed by atoms with Crippen molar-refractivity contribution >= 4 is 23.4 Å². The number of rotatable bonds is 5. The van der Waals surface area contributed by atoms with E-state index < -0.39 is 11.1 Å². The molecule has 4 rings (SSSR count). The van der Waals surface area contributed by atoms with Crippen LogP contribution in [0.25, 0.3) is 0 Å². The Balaban J connectivity index is 1.65. The Bertz CT molecular complexity index is 1020. The largest absolute Gasteiger partial charge is 0.494 e. The van der Waals surface area contributed by atoms with Gasteiger partial charge in [0.25, 0.3) is 0 Å². The summed E-state index contributed by atoms with van der Waals surface area (Å²) < 4.78 is 21.3. The minimum Gasteiger partial charge on any atom is -0.494 e. The number of nitrogens with zero attached hydrogens (tertiary/aromatic N) is 3. The van der Waals surface area contributed by atoms with Crippen molar-refractivity contribution in [3.8, 4) is 5.75 Å². The number of carbonyl (C=O) groups excluding carboxylic acids is 1. The maximum atomic E-state index is 14.0. The minimum absolute atomic E-state index is 0.145. The monoisotopic (exact) mass is 413 g/mol. The highest BCUT2D eigenvalue weighted by Gasteiger charge is 2.37. The summed E-state index contributed by atoms with van der Waals surface area (Å²) in [5.74, 6) is 0.647. The Morgan fingerprint density at radius 3 is 2.72 bits per heavy atom. The Labute approximate surface area is 171 Å². The van der Waals surface area contributed by atoms with Crippen molar-refractivity contribution in [3.05, 3.63) is 65.7 Å². The minimum atomic E-state index is -0.580. The van der Waals surface area contributed by atoms with Crippen molar-refractivity contribution in [2.45, 2.75) is 30.3 Å². The standard InChI is InChI=1S/C20H20FN5O2S/c1-3-28-14-10-8-13(9-11-14)17-18(29-20-24-23-12(2)26(20)25-17)19(27)22-16-7-5-4-6-15(16)21/h4-11,17-18,25H,3H2,1-2H3,(H,22,27)/t17-,18-/m1/s1. The third-order valence-electron chi connectivity index (χ3n) is 4.54. The average Bonchev–Trinajstić information content (AvgIpc) is 3.10. The molecule has 0 bridgehead atoms. The maximum absolute atomic E-state index is 14.0. The van der Waals surface area contributed by atoms with E-state index in [9.17, 15) is 9.18 Å². The summed E-state index contributed by atoms with van der Waals surface area (Å²) >= 11 is 1.29. The van der Waals surface area contributed by atoms with Crippen molar-refractivity contribution in [3.63, 3.8) is 0 Å². The van der Waals surface area contributed by atoms with Crippen molar-refractivity contribution in [2.24, 2.45) is 0 Å². The van der Waals surface area contributed by atoms with E-state index >= 15 is 0 Å². The SMILES string of the molecule is CCOc1ccc([C@H]2Nn3c(C)nnc3S[C@H]2C(=O)Nc2ccccc2F)cc1. The number of para-hydroxylation sites is 1. The van der Waals surface area contributed by atoms with E-state index in [1.54, 1.807) is 16.8 Å². The zero-order valence-electron chi connectivity index (χ0n) is 15.9. The van der Waals surface area contributed by atoms with E-state index in [1.807, 2.05) is 38.1 Å². The van der Waals surface area contributed by atoms with Crippen LogP contribution in [-0.2, 0) is 4.79 Å². The number of fused-ring (bicyclic) bond motifs is 1. The second-order valence-electron chi connectivity index (χ2n) is 6.48. The molecule has 0 saturated carbocycles. The van der Waals surface area contributed by atoms with Gasteiger partial charge in [0, 0.05) is 0 Å². The van der Waals surface area contributed by atoms with Gasteiger partial charge in [-0.15, -0.1) is 10.2 Å². The summed E-state index contributed by atoms with van der Waals surface area (Å²) in [5, 5.41) is 10.9. The third kappa shape index (κ3) is 3.91. The molecule has 1 aliphatic rings. The molecule has 29 heavy (non-hydrogen) atoms. The molecule has 150 valence electrons. The molecule has 0 spiro atoms. The number of amides is 1. The van der Waals surface area contributed by atoms with Gasteiger partial charge < -0.3 is 15.5 Å². The molecule has 0 fully saturated rings. The van der Waals surface area contributed by atoms with Gasteiger partial charge in [-0.1, -0.05) is 36.0 Å². The Morgan fingerprint density at radius 1 is 1.24 bits per heavy atom. The van der Waals surface area contributed by atoms with Crippen LogP contribution in [0.1, 0.15) is 24.4 Å². The third-order valence-corrected chi connectivity index (χ3v) is 5.75. The quantitative estimate of drug-likeness (QED) is 0.666. The zero-order chi connectivity index (χ0) is 20.4. The van der Waals surface area contributed by atoms with E-state index in [2.05, 4.69) is 20.9 Å². The molecule has 1 amide bonds. The Hall–Kier alpha value is -3.07. The number of hydrogen-bond acceptors (Lipinski definition) is 6. The lowest BCUT2D eigenvalue weighted by Crippen LogP contribution is -2.41. The molecule has 7 nitrogen and oxygen atoms in total. The number of benzene rings is 2. The number of thioether (sulfide) groups is 1. The van der Waals surface area contributed by atoms with E-state index in [-0.39, 0.29) is 17.6 Å². The topological polar surface area (TPSA) is 81.1 Å². The number of aromatic nitrogens is 3. The molecule has 2 atom stereocenters. The lowest BCUT2D eigenvalue weighted by atomic mass is 10.0. The molecule has 0 unspecified atom stereocenters. The Morgan fingerprint density at radius 2 is 2.00 bits per heavy atom. The molecular weight excluding hydrogens is 393 g/mol. The van der Waals surface area contributed by atoms with E-state index in [0.29, 0.717) is 17.6 Å². The first-order valence-electron chi connectivity index (χ1n) is 9.20. The van der Waals surface area contributed by atoms with Gasteiger partial charge in [-0.3, -0.25) is 4.79 Å². The molecule has 0 radical (unpaired) electrons. The van der Waals surface area contributed by atoms with Crippen LogP contribution in [0.5, 0.6) is 5.75 Å². The van der Waals surface area contributed by atoms with Crippen LogP contribution >= 0.6 is 11.8 Å². The predicted molar refractivity (Wildman–Crippen MR) is 109 cm³/mol. The number of carbonyl (C=O) groups is 1. The van der Waals surface area contributed by atoms with Crippen LogP contribution in [0.2, 0.25) is 0 Å². The fourth-order valence-corrected chi connectivity index (χ4v) is 4.24. The van der Waals surface area contributed by atoms with Crippen LogP contribution in [0.3, 0.4) is 0 Å². The highest BCUT2D eigenvalue weighted by Crippen LogP contribution is 2.38. The molecule has 2 N–H and O–H groups in total. The van der Waals surface area contributed by atoms with Gasteiger partial charge in [-0.05, 0) is 43.7 Å². The lowest BCUT2D eigenvalue weighted by Gasteiger charge is -2.32. The molecule has 0 aliphatic carbocycles. The van der Waals surface area contributed by atoms with Gasteiger partial charge in [0.1, 0.15) is 22.6 Å². The summed E-state index contributed by atoms with van der Waals surface area (Å²) in [6.45, 7) is 4.33. The smallest absolute Gasteiger partial charge is 0.240 e. The molecular formula is C20H20FN5O2S. The molecule has 2 aromatic carbocycles. The van der Waals surface area contributed by atoms with Crippen molar-refractivity contribution in [1.29, 1.82) is 0 Å². The first-order chi connectivity index (χ1) is 14.1. The van der Waals surface area contributed by atoms with E-state index in [0.717, 1.165) is 11.3 Å². The summed E-state index contributed by atoms with van der Waals surface area (Å²) in [6.07, 6.45) is 0. The van der Waals surface area contributed by atoms with Crippen molar-refractivity contribution in [2.75, 3.05) is 17.3 Å². The van der Waals surface area contributed by atoms with Crippen LogP contribution in [0.15, 0.2) is 53.7 Å². The highest BCUT2D eigenvalue weighted by atomic mass is 32.2. The van der Waals surface area contributed by atoms with Gasteiger partial charge in [-0.2, -0.15) is 0 Å². The number of halogens is 1. The number of aryl methyl sites for hydroxylation is 1. The fraction of sp³-hybridized carbons (Fsp3) is 0.250.